The quantitative estimate of drug-likeness (QED) is 0.447. The van der Waals surface area contributed by atoms with Crippen molar-refractivity contribution in [1.29, 1.82) is 0 Å². The van der Waals surface area contributed by atoms with Crippen LogP contribution in [0.1, 0.15) is 37.3 Å². The summed E-state index contributed by atoms with van der Waals surface area (Å²) in [5.41, 5.74) is -0.304. The fourth-order valence-corrected chi connectivity index (χ4v) is 6.45. The monoisotopic (exact) mass is 571 g/mol. The van der Waals surface area contributed by atoms with Crippen molar-refractivity contribution in [3.8, 4) is 11.5 Å². The Morgan fingerprint density at radius 2 is 1.81 bits per heavy atom. The van der Waals surface area contributed by atoms with Gasteiger partial charge in [-0.3, -0.25) is 9.59 Å². The molecule has 0 spiro atoms. The second-order valence-electron chi connectivity index (χ2n) is 9.96. The van der Waals surface area contributed by atoms with Gasteiger partial charge in [-0.25, -0.2) is 17.5 Å². The highest BCUT2D eigenvalue weighted by atomic mass is 35.5. The zero-order chi connectivity index (χ0) is 26.6. The Bertz CT molecular complexity index is 1370. The highest BCUT2D eigenvalue weighted by Gasteiger charge is 2.69. The first-order valence-corrected chi connectivity index (χ1v) is 14.1. The Kier molecular flexibility index (Phi) is 6.54. The standard InChI is InChI=1S/C24H24Cl2FN3O6S/c1-37(33,34)30-18-8-20(36-19-5-2-13(25)6-15(18)19)22(32)29-24-10-23(11-24,12-24)28-21(31)9-35-14-3-4-16(26)17(27)7-14/h2-7,18,20,30H,8-12H2,1H3,(H,28,31)(H,29,32). The third kappa shape index (κ3) is 5.50. The van der Waals surface area contributed by atoms with E-state index in [0.29, 0.717) is 35.6 Å². The van der Waals surface area contributed by atoms with Crippen molar-refractivity contribution in [2.75, 3.05) is 12.9 Å². The first-order chi connectivity index (χ1) is 17.3. The summed E-state index contributed by atoms with van der Waals surface area (Å²) in [5, 5.41) is 6.34. The average molecular weight is 572 g/mol. The van der Waals surface area contributed by atoms with Crippen molar-refractivity contribution >= 4 is 45.0 Å². The molecule has 2 aromatic rings. The molecule has 2 bridgehead atoms. The summed E-state index contributed by atoms with van der Waals surface area (Å²) in [6.45, 7) is -0.282. The molecule has 4 aliphatic rings. The van der Waals surface area contributed by atoms with Crippen molar-refractivity contribution in [3.05, 3.63) is 57.8 Å². The van der Waals surface area contributed by atoms with Crippen molar-refractivity contribution in [1.82, 2.24) is 15.4 Å². The highest BCUT2D eigenvalue weighted by molar-refractivity contribution is 7.88. The minimum absolute atomic E-state index is 0.0348. The molecule has 3 fully saturated rings. The van der Waals surface area contributed by atoms with Crippen LogP contribution in [0.25, 0.3) is 0 Å². The van der Waals surface area contributed by atoms with Crippen LogP contribution in [0.5, 0.6) is 11.5 Å². The van der Waals surface area contributed by atoms with Crippen LogP contribution in [0, 0.1) is 5.82 Å². The van der Waals surface area contributed by atoms with Gasteiger partial charge in [0.05, 0.1) is 17.3 Å². The lowest BCUT2D eigenvalue weighted by Gasteiger charge is -2.70. The highest BCUT2D eigenvalue weighted by Crippen LogP contribution is 2.60. The second kappa shape index (κ2) is 9.30. The molecule has 1 heterocycles. The molecule has 3 aliphatic carbocycles. The molecule has 0 radical (unpaired) electrons. The van der Waals surface area contributed by atoms with Crippen LogP contribution in [0.2, 0.25) is 10.0 Å². The Balaban J connectivity index is 1.14. The fraction of sp³-hybridized carbons (Fsp3) is 0.417. The maximum atomic E-state index is 13.5. The zero-order valence-corrected chi connectivity index (χ0v) is 22.0. The van der Waals surface area contributed by atoms with Crippen LogP contribution in [-0.4, -0.2) is 50.3 Å². The van der Waals surface area contributed by atoms with E-state index in [1.165, 1.54) is 12.1 Å². The Morgan fingerprint density at radius 1 is 1.11 bits per heavy atom. The molecule has 2 unspecified atom stereocenters. The minimum Gasteiger partial charge on any atom is -0.484 e. The van der Waals surface area contributed by atoms with E-state index in [4.69, 9.17) is 32.7 Å². The molecule has 198 valence electrons. The molecule has 6 rings (SSSR count). The molecule has 2 amide bonds. The average Bonchev–Trinajstić information content (AvgIpc) is 2.76. The molecule has 13 heteroatoms. The SMILES string of the molecule is CS(=O)(=O)NC1CC(C(=O)NC23CC(NC(=O)COc4ccc(Cl)c(F)c4)(C2)C3)Oc2ccc(Cl)cc21. The van der Waals surface area contributed by atoms with E-state index in [9.17, 15) is 22.4 Å². The summed E-state index contributed by atoms with van der Waals surface area (Å²) in [5.74, 6) is -0.759. The predicted molar refractivity (Wildman–Crippen MR) is 134 cm³/mol. The van der Waals surface area contributed by atoms with Crippen LogP contribution < -0.4 is 24.8 Å². The van der Waals surface area contributed by atoms with Crippen molar-refractivity contribution in [2.45, 2.75) is 48.9 Å². The fourth-order valence-electron chi connectivity index (χ4n) is 5.41. The van der Waals surface area contributed by atoms with Gasteiger partial charge in [0, 0.05) is 34.2 Å². The molecule has 2 atom stereocenters. The number of sulfonamides is 1. The number of benzene rings is 2. The molecule has 0 aromatic heterocycles. The normalized spacial score (nSPS) is 27.6. The molecular weight excluding hydrogens is 548 g/mol. The van der Waals surface area contributed by atoms with Gasteiger partial charge in [0.15, 0.2) is 12.7 Å². The van der Waals surface area contributed by atoms with E-state index in [1.54, 1.807) is 18.2 Å². The number of hydrogen-bond acceptors (Lipinski definition) is 6. The van der Waals surface area contributed by atoms with Gasteiger partial charge in [-0.2, -0.15) is 0 Å². The number of carbonyl (C=O) groups is 2. The number of amides is 2. The van der Waals surface area contributed by atoms with E-state index >= 15 is 0 Å². The number of nitrogens with one attached hydrogen (secondary N) is 3. The van der Waals surface area contributed by atoms with Gasteiger partial charge in [-0.05, 0) is 49.6 Å². The number of rotatable bonds is 8. The molecule has 3 saturated carbocycles. The summed E-state index contributed by atoms with van der Waals surface area (Å²) in [7, 11) is -3.55. The molecule has 2 aromatic carbocycles. The lowest BCUT2D eigenvalue weighted by molar-refractivity contribution is -0.154. The number of carbonyl (C=O) groups excluding carboxylic acids is 2. The first-order valence-electron chi connectivity index (χ1n) is 11.5. The van der Waals surface area contributed by atoms with Crippen LogP contribution in [0.4, 0.5) is 4.39 Å². The zero-order valence-electron chi connectivity index (χ0n) is 19.6. The largest absolute Gasteiger partial charge is 0.484 e. The molecule has 3 N–H and O–H groups in total. The van der Waals surface area contributed by atoms with Crippen LogP contribution in [0.15, 0.2) is 36.4 Å². The molecule has 9 nitrogen and oxygen atoms in total. The lowest BCUT2D eigenvalue weighted by atomic mass is 9.44. The maximum Gasteiger partial charge on any atom is 0.261 e. The van der Waals surface area contributed by atoms with E-state index < -0.39 is 39.1 Å². The van der Waals surface area contributed by atoms with Gasteiger partial charge in [0.1, 0.15) is 17.3 Å². The van der Waals surface area contributed by atoms with Gasteiger partial charge >= 0.3 is 0 Å². The first kappa shape index (κ1) is 26.0. The van der Waals surface area contributed by atoms with Gasteiger partial charge < -0.3 is 20.1 Å². The Labute approximate surface area is 223 Å². The summed E-state index contributed by atoms with van der Waals surface area (Å²) in [4.78, 5) is 25.4. The smallest absolute Gasteiger partial charge is 0.261 e. The van der Waals surface area contributed by atoms with Crippen LogP contribution in [-0.2, 0) is 19.6 Å². The van der Waals surface area contributed by atoms with E-state index in [2.05, 4.69) is 15.4 Å². The Hall–Kier alpha value is -2.60. The third-order valence-corrected chi connectivity index (χ3v) is 8.05. The number of fused-ring (bicyclic) bond motifs is 1. The number of halogens is 3. The lowest BCUT2D eigenvalue weighted by Crippen LogP contribution is -2.84. The van der Waals surface area contributed by atoms with Gasteiger partial charge in [-0.15, -0.1) is 0 Å². The van der Waals surface area contributed by atoms with E-state index in [-0.39, 0.29) is 35.6 Å². The summed E-state index contributed by atoms with van der Waals surface area (Å²) >= 11 is 11.7. The van der Waals surface area contributed by atoms with E-state index in [0.717, 1.165) is 12.3 Å². The molecule has 1 aliphatic heterocycles. The third-order valence-electron chi connectivity index (χ3n) is 6.80. The number of hydrogen-bond donors (Lipinski definition) is 3. The van der Waals surface area contributed by atoms with Gasteiger partial charge in [0.25, 0.3) is 11.8 Å². The van der Waals surface area contributed by atoms with Crippen LogP contribution in [0.3, 0.4) is 0 Å². The number of ether oxygens (including phenoxy) is 2. The predicted octanol–water partition coefficient (Wildman–Crippen LogP) is 2.86. The molecule has 37 heavy (non-hydrogen) atoms. The van der Waals surface area contributed by atoms with E-state index in [1.807, 2.05) is 0 Å². The van der Waals surface area contributed by atoms with Crippen molar-refractivity contribution in [3.63, 3.8) is 0 Å². The van der Waals surface area contributed by atoms with Gasteiger partial charge in [0.2, 0.25) is 10.0 Å². The van der Waals surface area contributed by atoms with Crippen LogP contribution >= 0.6 is 23.2 Å². The second-order valence-corrected chi connectivity index (χ2v) is 12.6. The summed E-state index contributed by atoms with van der Waals surface area (Å²) < 4.78 is 51.1. The Morgan fingerprint density at radius 3 is 2.49 bits per heavy atom. The summed E-state index contributed by atoms with van der Waals surface area (Å²) in [6, 6.07) is 8.10. The molecular formula is C24H24Cl2FN3O6S. The van der Waals surface area contributed by atoms with Crippen molar-refractivity contribution in [2.24, 2.45) is 0 Å². The summed E-state index contributed by atoms with van der Waals surface area (Å²) in [6.07, 6.45) is 1.91. The molecule has 0 saturated heterocycles. The maximum absolute atomic E-state index is 13.5. The van der Waals surface area contributed by atoms with Crippen molar-refractivity contribution < 1.29 is 31.9 Å². The minimum atomic E-state index is -3.55. The topological polar surface area (TPSA) is 123 Å². The van der Waals surface area contributed by atoms with Gasteiger partial charge in [-0.1, -0.05) is 23.2 Å².